The Morgan fingerprint density at radius 1 is 1.30 bits per heavy atom. The van der Waals surface area contributed by atoms with Gasteiger partial charge in [-0.25, -0.2) is 9.18 Å². The standard InChI is InChI=1S/C22H28Cl2FN3O2/c1-21(8-3-4-9-21)18(16-15(25)6-5-14(23)17(16)24)26-19(29)13-7-10-22(11-13)12-28(2)20(30)27-22/h5-6,13,18H,3-4,7-12H2,1-2H3,(H,26,29)(H,27,30)/t13?,18-,22?/m1/s1. The molecule has 3 atom stereocenters. The third kappa shape index (κ3) is 3.77. The molecule has 1 aliphatic heterocycles. The van der Waals surface area contributed by atoms with Crippen LogP contribution in [0.25, 0.3) is 0 Å². The molecule has 2 N–H and O–H groups in total. The zero-order chi connectivity index (χ0) is 21.7. The summed E-state index contributed by atoms with van der Waals surface area (Å²) in [6.45, 7) is 2.69. The van der Waals surface area contributed by atoms with Crippen molar-refractivity contribution >= 4 is 35.1 Å². The molecule has 3 amide bonds. The van der Waals surface area contributed by atoms with Crippen LogP contribution in [0, 0.1) is 17.2 Å². The summed E-state index contributed by atoms with van der Waals surface area (Å²) in [5, 5.41) is 6.64. The summed E-state index contributed by atoms with van der Waals surface area (Å²) in [5.41, 5.74) is -0.355. The maximum atomic E-state index is 14.9. The Balaban J connectivity index is 1.58. The van der Waals surface area contributed by atoms with Crippen LogP contribution in [0.3, 0.4) is 0 Å². The minimum atomic E-state index is -0.545. The van der Waals surface area contributed by atoms with Crippen LogP contribution in [0.1, 0.15) is 63.5 Å². The third-order valence-corrected chi connectivity index (χ3v) is 8.15. The molecule has 2 saturated carbocycles. The Kier molecular flexibility index (Phi) is 5.69. The van der Waals surface area contributed by atoms with E-state index in [-0.39, 0.29) is 44.4 Å². The average molecular weight is 456 g/mol. The Bertz CT molecular complexity index is 874. The van der Waals surface area contributed by atoms with Crippen molar-refractivity contribution in [2.24, 2.45) is 11.3 Å². The molecule has 4 rings (SSSR count). The molecule has 2 aliphatic carbocycles. The van der Waals surface area contributed by atoms with Gasteiger partial charge >= 0.3 is 6.03 Å². The highest BCUT2D eigenvalue weighted by atomic mass is 35.5. The predicted molar refractivity (Wildman–Crippen MR) is 115 cm³/mol. The van der Waals surface area contributed by atoms with E-state index in [1.54, 1.807) is 11.9 Å². The van der Waals surface area contributed by atoms with Gasteiger partial charge in [-0.1, -0.05) is 43.0 Å². The fraction of sp³-hybridized carbons (Fsp3) is 0.636. The highest BCUT2D eigenvalue weighted by Crippen LogP contribution is 2.50. The van der Waals surface area contributed by atoms with E-state index < -0.39 is 11.9 Å². The van der Waals surface area contributed by atoms with Gasteiger partial charge < -0.3 is 15.5 Å². The highest BCUT2D eigenvalue weighted by Gasteiger charge is 2.49. The van der Waals surface area contributed by atoms with Crippen LogP contribution >= 0.6 is 23.2 Å². The lowest BCUT2D eigenvalue weighted by atomic mass is 9.76. The van der Waals surface area contributed by atoms with Gasteiger partial charge in [0.05, 0.1) is 21.6 Å². The van der Waals surface area contributed by atoms with Crippen LogP contribution in [0.5, 0.6) is 0 Å². The lowest BCUT2D eigenvalue weighted by molar-refractivity contribution is -0.126. The summed E-state index contributed by atoms with van der Waals surface area (Å²) in [5.74, 6) is -0.787. The Morgan fingerprint density at radius 2 is 2.00 bits per heavy atom. The van der Waals surface area contributed by atoms with Crippen LogP contribution in [0.4, 0.5) is 9.18 Å². The largest absolute Gasteiger partial charge is 0.348 e. The van der Waals surface area contributed by atoms with Crippen molar-refractivity contribution in [1.82, 2.24) is 15.5 Å². The van der Waals surface area contributed by atoms with Gasteiger partial charge in [-0.2, -0.15) is 0 Å². The lowest BCUT2D eigenvalue weighted by Gasteiger charge is -2.36. The number of carbonyl (C=O) groups is 2. The summed E-state index contributed by atoms with van der Waals surface area (Å²) >= 11 is 12.6. The number of carbonyl (C=O) groups excluding carboxylic acids is 2. The minimum Gasteiger partial charge on any atom is -0.348 e. The van der Waals surface area contributed by atoms with Crippen molar-refractivity contribution in [3.63, 3.8) is 0 Å². The van der Waals surface area contributed by atoms with E-state index in [0.29, 0.717) is 19.4 Å². The van der Waals surface area contributed by atoms with Crippen molar-refractivity contribution in [2.45, 2.75) is 63.5 Å². The average Bonchev–Trinajstić information content (AvgIpc) is 3.38. The fourth-order valence-electron chi connectivity index (χ4n) is 5.63. The van der Waals surface area contributed by atoms with Gasteiger partial charge in [0.15, 0.2) is 0 Å². The van der Waals surface area contributed by atoms with E-state index in [1.165, 1.54) is 12.1 Å². The van der Waals surface area contributed by atoms with Crippen molar-refractivity contribution < 1.29 is 14.0 Å². The molecular weight excluding hydrogens is 428 g/mol. The lowest BCUT2D eigenvalue weighted by Crippen LogP contribution is -2.44. The molecule has 2 unspecified atom stereocenters. The van der Waals surface area contributed by atoms with Gasteiger partial charge in [-0.15, -0.1) is 0 Å². The first-order valence-electron chi connectivity index (χ1n) is 10.6. The number of nitrogens with one attached hydrogen (secondary N) is 2. The number of hydrogen-bond donors (Lipinski definition) is 2. The van der Waals surface area contributed by atoms with Gasteiger partial charge in [-0.3, -0.25) is 4.79 Å². The Labute approximate surface area is 186 Å². The van der Waals surface area contributed by atoms with Gasteiger partial charge in [0, 0.05) is 25.1 Å². The third-order valence-electron chi connectivity index (χ3n) is 7.34. The predicted octanol–water partition coefficient (Wildman–Crippen LogP) is 5.06. The van der Waals surface area contributed by atoms with Gasteiger partial charge in [-0.05, 0) is 49.7 Å². The number of urea groups is 1. The van der Waals surface area contributed by atoms with Crippen LogP contribution in [0.2, 0.25) is 10.0 Å². The number of rotatable bonds is 4. The maximum absolute atomic E-state index is 14.9. The normalized spacial score (nSPS) is 28.8. The van der Waals surface area contributed by atoms with E-state index in [2.05, 4.69) is 17.6 Å². The summed E-state index contributed by atoms with van der Waals surface area (Å²) in [6, 6.07) is 2.12. The van der Waals surface area contributed by atoms with Gasteiger partial charge in [0.1, 0.15) is 5.82 Å². The first-order valence-corrected chi connectivity index (χ1v) is 11.4. The van der Waals surface area contributed by atoms with Crippen molar-refractivity contribution in [1.29, 1.82) is 0 Å². The molecule has 1 heterocycles. The summed E-state index contributed by atoms with van der Waals surface area (Å²) in [4.78, 5) is 26.9. The molecular formula is C22H28Cl2FN3O2. The second-order valence-electron chi connectivity index (χ2n) is 9.57. The Morgan fingerprint density at radius 3 is 2.63 bits per heavy atom. The zero-order valence-corrected chi connectivity index (χ0v) is 18.9. The molecule has 8 heteroatoms. The van der Waals surface area contributed by atoms with Crippen LogP contribution < -0.4 is 10.6 Å². The number of benzene rings is 1. The number of nitrogens with zero attached hydrogens (tertiary/aromatic N) is 1. The van der Waals surface area contributed by atoms with E-state index in [1.807, 2.05) is 0 Å². The molecule has 1 saturated heterocycles. The number of amides is 3. The number of likely N-dealkylation sites (N-methyl/N-ethyl adjacent to an activating group) is 1. The van der Waals surface area contributed by atoms with Crippen molar-refractivity contribution in [3.05, 3.63) is 33.6 Å². The quantitative estimate of drug-likeness (QED) is 0.622. The molecule has 3 aliphatic rings. The molecule has 3 fully saturated rings. The molecule has 30 heavy (non-hydrogen) atoms. The second kappa shape index (κ2) is 7.86. The second-order valence-corrected chi connectivity index (χ2v) is 10.4. The van der Waals surface area contributed by atoms with Crippen LogP contribution in [0.15, 0.2) is 12.1 Å². The molecule has 164 valence electrons. The first kappa shape index (κ1) is 21.7. The topological polar surface area (TPSA) is 61.4 Å². The Hall–Kier alpha value is -1.53. The molecule has 1 aromatic carbocycles. The van der Waals surface area contributed by atoms with Crippen molar-refractivity contribution in [2.75, 3.05) is 13.6 Å². The summed E-state index contributed by atoms with van der Waals surface area (Å²) < 4.78 is 14.9. The summed E-state index contributed by atoms with van der Waals surface area (Å²) in [7, 11) is 1.76. The number of halogens is 3. The first-order chi connectivity index (χ1) is 14.1. The molecule has 1 aromatic rings. The minimum absolute atomic E-state index is 0.0971. The SMILES string of the molecule is CN1CC2(CCC(C(=O)N[C@H](c3c(F)ccc(Cl)c3Cl)C3(C)CCCC3)C2)NC1=O. The van der Waals surface area contributed by atoms with E-state index in [0.717, 1.165) is 32.1 Å². The monoisotopic (exact) mass is 455 g/mol. The molecule has 5 nitrogen and oxygen atoms in total. The highest BCUT2D eigenvalue weighted by molar-refractivity contribution is 6.42. The van der Waals surface area contributed by atoms with E-state index in [9.17, 15) is 14.0 Å². The molecule has 0 bridgehead atoms. The van der Waals surface area contributed by atoms with E-state index in [4.69, 9.17) is 23.2 Å². The molecule has 1 spiro atoms. The molecule has 0 aromatic heterocycles. The zero-order valence-electron chi connectivity index (χ0n) is 17.4. The van der Waals surface area contributed by atoms with Gasteiger partial charge in [0.2, 0.25) is 5.91 Å². The smallest absolute Gasteiger partial charge is 0.317 e. The van der Waals surface area contributed by atoms with Crippen LogP contribution in [-0.4, -0.2) is 36.0 Å². The van der Waals surface area contributed by atoms with Crippen LogP contribution in [-0.2, 0) is 4.79 Å². The molecule has 0 radical (unpaired) electrons. The fourth-order valence-corrected chi connectivity index (χ4v) is 6.06. The van der Waals surface area contributed by atoms with Crippen molar-refractivity contribution in [3.8, 4) is 0 Å². The van der Waals surface area contributed by atoms with Gasteiger partial charge in [0.25, 0.3) is 0 Å². The maximum Gasteiger partial charge on any atom is 0.317 e. The van der Waals surface area contributed by atoms with E-state index >= 15 is 0 Å². The number of hydrogen-bond acceptors (Lipinski definition) is 2. The summed E-state index contributed by atoms with van der Waals surface area (Å²) in [6.07, 6.45) is 5.88.